The Morgan fingerprint density at radius 2 is 1.85 bits per heavy atom. The fraction of sp³-hybridized carbons (Fsp3) is 0.556. The highest BCUT2D eigenvalue weighted by Gasteiger charge is 2.56. The molecule has 5 rings (SSSR count). The standard InChI is InChI=1S/C27H37N5O6Si/c1-26(2,3)39(6,7)35-14-17-20-21(38-27(4,5)37-20)24(36-17)32-15-28-19-22(31-25(33)34)29-18(30-23(19)32)13-16-11-9-8-10-12-16/h8-12,15,17,20-21,24H,13-14H2,1-7H3,(H,33,34)(H,29,30,31)/t17-,20-,21-,24-/m1/s1. The van der Waals surface area contributed by atoms with Crippen LogP contribution in [0, 0.1) is 0 Å². The molecular weight excluding hydrogens is 518 g/mol. The molecule has 0 bridgehead atoms. The third-order valence-corrected chi connectivity index (χ3v) is 12.2. The van der Waals surface area contributed by atoms with Crippen LogP contribution in [-0.2, 0) is 25.1 Å². The van der Waals surface area contributed by atoms with Crippen LogP contribution in [0.4, 0.5) is 10.6 Å². The number of imidazole rings is 1. The summed E-state index contributed by atoms with van der Waals surface area (Å²) < 4.78 is 27.4. The molecule has 2 aliphatic rings. The molecule has 2 aromatic heterocycles. The Hall–Kier alpha value is -2.90. The zero-order chi connectivity index (χ0) is 28.2. The number of amides is 1. The average molecular weight is 556 g/mol. The van der Waals surface area contributed by atoms with Crippen molar-refractivity contribution in [2.24, 2.45) is 0 Å². The minimum Gasteiger partial charge on any atom is -0.465 e. The smallest absolute Gasteiger partial charge is 0.410 e. The van der Waals surface area contributed by atoms with Gasteiger partial charge in [0, 0.05) is 6.42 Å². The summed E-state index contributed by atoms with van der Waals surface area (Å²) in [5.41, 5.74) is 1.77. The fourth-order valence-electron chi connectivity index (χ4n) is 4.72. The van der Waals surface area contributed by atoms with Gasteiger partial charge < -0.3 is 23.7 Å². The van der Waals surface area contributed by atoms with Crippen molar-refractivity contribution < 1.29 is 28.5 Å². The normalized spacial score (nSPS) is 24.7. The van der Waals surface area contributed by atoms with E-state index < -0.39 is 32.5 Å². The second-order valence-corrected chi connectivity index (χ2v) is 16.9. The quantitative estimate of drug-likeness (QED) is 0.389. The number of rotatable bonds is 7. The zero-order valence-corrected chi connectivity index (χ0v) is 24.5. The summed E-state index contributed by atoms with van der Waals surface area (Å²) in [5.74, 6) is -0.226. The van der Waals surface area contributed by atoms with Crippen LogP contribution in [-0.4, -0.2) is 69.7 Å². The highest BCUT2D eigenvalue weighted by atomic mass is 28.4. The number of aromatic nitrogens is 4. The lowest BCUT2D eigenvalue weighted by atomic mass is 10.1. The first-order valence-electron chi connectivity index (χ1n) is 13.2. The summed E-state index contributed by atoms with van der Waals surface area (Å²) in [4.78, 5) is 25.3. The number of hydrogen-bond acceptors (Lipinski definition) is 8. The number of hydrogen-bond donors (Lipinski definition) is 2. The molecule has 2 aliphatic heterocycles. The minimum absolute atomic E-state index is 0.0525. The van der Waals surface area contributed by atoms with Crippen molar-refractivity contribution in [2.45, 2.75) is 89.5 Å². The van der Waals surface area contributed by atoms with E-state index in [0.717, 1.165) is 5.56 Å². The van der Waals surface area contributed by atoms with E-state index in [1.165, 1.54) is 0 Å². The number of carbonyl (C=O) groups is 1. The number of ether oxygens (including phenoxy) is 3. The van der Waals surface area contributed by atoms with Crippen LogP contribution in [0.15, 0.2) is 36.7 Å². The molecule has 0 radical (unpaired) electrons. The van der Waals surface area contributed by atoms with Gasteiger partial charge in [-0.2, -0.15) is 0 Å². The van der Waals surface area contributed by atoms with Gasteiger partial charge in [-0.3, -0.25) is 9.88 Å². The van der Waals surface area contributed by atoms with Gasteiger partial charge in [-0.1, -0.05) is 51.1 Å². The Morgan fingerprint density at radius 1 is 1.15 bits per heavy atom. The SMILES string of the molecule is CC1(C)O[C@@H]2[C@H](O1)[C@@H](CO[Si](C)(C)C(C)(C)C)O[C@H]2n1cnc2c(NC(=O)O)nc(Cc3ccccc3)nc21. The van der Waals surface area contributed by atoms with E-state index in [2.05, 4.69) is 49.1 Å². The molecule has 12 heteroatoms. The number of benzene rings is 1. The molecule has 0 aliphatic carbocycles. The van der Waals surface area contributed by atoms with Crippen LogP contribution in [0.2, 0.25) is 18.1 Å². The van der Waals surface area contributed by atoms with E-state index in [9.17, 15) is 9.90 Å². The largest absolute Gasteiger partial charge is 0.465 e. The third kappa shape index (κ3) is 5.57. The molecule has 4 atom stereocenters. The highest BCUT2D eigenvalue weighted by molar-refractivity contribution is 6.74. The van der Waals surface area contributed by atoms with Gasteiger partial charge in [0.1, 0.15) is 24.1 Å². The van der Waals surface area contributed by atoms with Crippen molar-refractivity contribution in [3.8, 4) is 0 Å². The van der Waals surface area contributed by atoms with Gasteiger partial charge in [0.05, 0.1) is 12.9 Å². The Labute approximate surface area is 229 Å². The summed E-state index contributed by atoms with van der Waals surface area (Å²) in [6.45, 7) is 15.2. The predicted molar refractivity (Wildman–Crippen MR) is 147 cm³/mol. The molecule has 0 unspecified atom stereocenters. The van der Waals surface area contributed by atoms with Crippen LogP contribution in [0.5, 0.6) is 0 Å². The molecule has 210 valence electrons. The fourth-order valence-corrected chi connectivity index (χ4v) is 5.73. The van der Waals surface area contributed by atoms with Gasteiger partial charge in [0.15, 0.2) is 37.3 Å². The number of anilines is 1. The maximum absolute atomic E-state index is 11.6. The first-order valence-corrected chi connectivity index (χ1v) is 16.1. The molecular formula is C27H37N5O6Si. The lowest BCUT2D eigenvalue weighted by Gasteiger charge is -2.37. The number of carboxylic acid groups (broad SMARTS) is 1. The Kier molecular flexibility index (Phi) is 7.04. The molecule has 0 spiro atoms. The second kappa shape index (κ2) is 9.93. The first kappa shape index (κ1) is 27.7. The van der Waals surface area contributed by atoms with Gasteiger partial charge in [0.2, 0.25) is 0 Å². The molecule has 3 aromatic rings. The van der Waals surface area contributed by atoms with Crippen LogP contribution in [0.25, 0.3) is 11.2 Å². The number of fused-ring (bicyclic) bond motifs is 2. The summed E-state index contributed by atoms with van der Waals surface area (Å²) in [7, 11) is -2.03. The molecule has 11 nitrogen and oxygen atoms in total. The van der Waals surface area contributed by atoms with E-state index in [-0.39, 0.29) is 23.1 Å². The lowest BCUT2D eigenvalue weighted by Crippen LogP contribution is -2.44. The average Bonchev–Trinajstić information content (AvgIpc) is 3.48. The van der Waals surface area contributed by atoms with Gasteiger partial charge in [-0.15, -0.1) is 0 Å². The van der Waals surface area contributed by atoms with Crippen molar-refractivity contribution >= 4 is 31.4 Å². The van der Waals surface area contributed by atoms with Crippen molar-refractivity contribution in [1.29, 1.82) is 0 Å². The molecule has 2 fully saturated rings. The summed E-state index contributed by atoms with van der Waals surface area (Å²) >= 11 is 0. The van der Waals surface area contributed by atoms with Gasteiger partial charge in [-0.25, -0.2) is 19.7 Å². The van der Waals surface area contributed by atoms with Crippen LogP contribution >= 0.6 is 0 Å². The van der Waals surface area contributed by atoms with Crippen molar-refractivity contribution in [1.82, 2.24) is 19.5 Å². The summed E-state index contributed by atoms with van der Waals surface area (Å²) in [5, 5.41) is 11.9. The van der Waals surface area contributed by atoms with E-state index in [1.807, 2.05) is 44.2 Å². The number of nitrogens with one attached hydrogen (secondary N) is 1. The van der Waals surface area contributed by atoms with Crippen LogP contribution < -0.4 is 5.32 Å². The Balaban J connectivity index is 1.50. The maximum Gasteiger partial charge on any atom is 0.410 e. The van der Waals surface area contributed by atoms with Crippen LogP contribution in [0.1, 0.15) is 52.2 Å². The Morgan fingerprint density at radius 3 is 2.51 bits per heavy atom. The molecule has 2 saturated heterocycles. The van der Waals surface area contributed by atoms with E-state index in [1.54, 1.807) is 10.9 Å². The minimum atomic E-state index is -2.03. The van der Waals surface area contributed by atoms with E-state index in [0.29, 0.717) is 30.0 Å². The molecule has 1 amide bonds. The molecule has 1 aromatic carbocycles. The number of nitrogens with zero attached hydrogens (tertiary/aromatic N) is 4. The first-order chi connectivity index (χ1) is 18.2. The monoisotopic (exact) mass is 555 g/mol. The molecule has 0 saturated carbocycles. The topological polar surface area (TPSA) is 130 Å². The third-order valence-electron chi connectivity index (χ3n) is 7.71. The molecule has 4 heterocycles. The van der Waals surface area contributed by atoms with Crippen molar-refractivity contribution in [3.63, 3.8) is 0 Å². The molecule has 39 heavy (non-hydrogen) atoms. The van der Waals surface area contributed by atoms with Gasteiger partial charge >= 0.3 is 6.09 Å². The zero-order valence-electron chi connectivity index (χ0n) is 23.5. The van der Waals surface area contributed by atoms with Crippen molar-refractivity contribution in [2.75, 3.05) is 11.9 Å². The molecule has 2 N–H and O–H groups in total. The van der Waals surface area contributed by atoms with E-state index in [4.69, 9.17) is 23.6 Å². The lowest BCUT2D eigenvalue weighted by molar-refractivity contribution is -0.199. The van der Waals surface area contributed by atoms with Gasteiger partial charge in [0.25, 0.3) is 0 Å². The Bertz CT molecular complexity index is 1360. The summed E-state index contributed by atoms with van der Waals surface area (Å²) in [6.07, 6.45) is -0.981. The predicted octanol–water partition coefficient (Wildman–Crippen LogP) is 4.95. The maximum atomic E-state index is 11.6. The van der Waals surface area contributed by atoms with Gasteiger partial charge in [-0.05, 0) is 37.5 Å². The van der Waals surface area contributed by atoms with Crippen LogP contribution in [0.3, 0.4) is 0 Å². The highest BCUT2D eigenvalue weighted by Crippen LogP contribution is 2.45. The van der Waals surface area contributed by atoms with E-state index >= 15 is 0 Å². The van der Waals surface area contributed by atoms with Crippen molar-refractivity contribution in [3.05, 3.63) is 48.0 Å². The summed E-state index contributed by atoms with van der Waals surface area (Å²) in [6, 6.07) is 9.75. The second-order valence-electron chi connectivity index (χ2n) is 12.1.